The van der Waals surface area contributed by atoms with Gasteiger partial charge in [-0.3, -0.25) is 0 Å². The summed E-state index contributed by atoms with van der Waals surface area (Å²) < 4.78 is 2.10. The number of aromatic nitrogens is 3. The van der Waals surface area contributed by atoms with Gasteiger partial charge in [0.25, 0.3) is 0 Å². The summed E-state index contributed by atoms with van der Waals surface area (Å²) in [5, 5.41) is 5.40. The zero-order valence-corrected chi connectivity index (χ0v) is 10.6. The van der Waals surface area contributed by atoms with Crippen LogP contribution in [0.25, 0.3) is 0 Å². The SMILES string of the molecule is Cc1cn(Cc2cscn2)c(NC(C)C)n1. The van der Waals surface area contributed by atoms with Gasteiger partial charge in [0.15, 0.2) is 0 Å². The van der Waals surface area contributed by atoms with Gasteiger partial charge in [0, 0.05) is 17.6 Å². The number of hydrogen-bond donors (Lipinski definition) is 1. The molecular weight excluding hydrogens is 220 g/mol. The molecule has 2 rings (SSSR count). The molecule has 16 heavy (non-hydrogen) atoms. The molecule has 0 radical (unpaired) electrons. The van der Waals surface area contributed by atoms with Gasteiger partial charge in [0.1, 0.15) is 0 Å². The molecule has 0 bridgehead atoms. The molecule has 2 heterocycles. The third kappa shape index (κ3) is 2.61. The van der Waals surface area contributed by atoms with Gasteiger partial charge >= 0.3 is 0 Å². The number of rotatable bonds is 4. The Morgan fingerprint density at radius 3 is 2.94 bits per heavy atom. The second-order valence-electron chi connectivity index (χ2n) is 4.11. The molecule has 0 spiro atoms. The van der Waals surface area contributed by atoms with Crippen molar-refractivity contribution in [3.8, 4) is 0 Å². The van der Waals surface area contributed by atoms with Crippen molar-refractivity contribution < 1.29 is 0 Å². The summed E-state index contributed by atoms with van der Waals surface area (Å²) in [7, 11) is 0. The lowest BCUT2D eigenvalue weighted by molar-refractivity contribution is 0.761. The average Bonchev–Trinajstić information content (AvgIpc) is 2.77. The van der Waals surface area contributed by atoms with Crippen molar-refractivity contribution in [1.82, 2.24) is 14.5 Å². The van der Waals surface area contributed by atoms with Gasteiger partial charge in [-0.1, -0.05) is 0 Å². The van der Waals surface area contributed by atoms with E-state index >= 15 is 0 Å². The molecular formula is C11H16N4S. The van der Waals surface area contributed by atoms with Gasteiger partial charge in [-0.2, -0.15) is 0 Å². The summed E-state index contributed by atoms with van der Waals surface area (Å²) in [6, 6.07) is 0.385. The highest BCUT2D eigenvalue weighted by molar-refractivity contribution is 7.07. The van der Waals surface area contributed by atoms with E-state index in [0.29, 0.717) is 6.04 Å². The average molecular weight is 236 g/mol. The molecule has 0 fully saturated rings. The van der Waals surface area contributed by atoms with Crippen LogP contribution in [0.5, 0.6) is 0 Å². The molecule has 86 valence electrons. The lowest BCUT2D eigenvalue weighted by atomic mass is 10.4. The molecule has 0 aliphatic rings. The number of hydrogen-bond acceptors (Lipinski definition) is 4. The van der Waals surface area contributed by atoms with E-state index in [1.807, 2.05) is 18.6 Å². The van der Waals surface area contributed by atoms with Crippen molar-refractivity contribution in [2.24, 2.45) is 0 Å². The number of anilines is 1. The van der Waals surface area contributed by atoms with Crippen LogP contribution < -0.4 is 5.32 Å². The quantitative estimate of drug-likeness (QED) is 0.887. The van der Waals surface area contributed by atoms with E-state index in [4.69, 9.17) is 0 Å². The standard InChI is InChI=1S/C11H16N4S/c1-8(2)13-11-14-9(3)4-15(11)5-10-6-16-7-12-10/h4,6-8H,5H2,1-3H3,(H,13,14). The van der Waals surface area contributed by atoms with E-state index < -0.39 is 0 Å². The van der Waals surface area contributed by atoms with Crippen molar-refractivity contribution in [1.29, 1.82) is 0 Å². The fraction of sp³-hybridized carbons (Fsp3) is 0.455. The lowest BCUT2D eigenvalue weighted by Crippen LogP contribution is -2.15. The van der Waals surface area contributed by atoms with Crippen LogP contribution in [0.4, 0.5) is 5.95 Å². The highest BCUT2D eigenvalue weighted by Gasteiger charge is 2.07. The molecule has 0 saturated heterocycles. The van der Waals surface area contributed by atoms with Gasteiger partial charge in [-0.25, -0.2) is 9.97 Å². The minimum absolute atomic E-state index is 0.385. The van der Waals surface area contributed by atoms with E-state index in [-0.39, 0.29) is 0 Å². The van der Waals surface area contributed by atoms with Crippen LogP contribution in [-0.2, 0) is 6.54 Å². The largest absolute Gasteiger partial charge is 0.353 e. The van der Waals surface area contributed by atoms with Gasteiger partial charge < -0.3 is 9.88 Å². The van der Waals surface area contributed by atoms with Crippen molar-refractivity contribution in [2.75, 3.05) is 5.32 Å². The molecule has 1 N–H and O–H groups in total. The van der Waals surface area contributed by atoms with Gasteiger partial charge in [-0.05, 0) is 20.8 Å². The first kappa shape index (κ1) is 11.1. The summed E-state index contributed by atoms with van der Waals surface area (Å²) in [6.45, 7) is 7.00. The van der Waals surface area contributed by atoms with Gasteiger partial charge in [-0.15, -0.1) is 11.3 Å². The lowest BCUT2D eigenvalue weighted by Gasteiger charge is -2.11. The Balaban J connectivity index is 2.19. The first-order valence-electron chi connectivity index (χ1n) is 5.32. The Morgan fingerprint density at radius 2 is 2.31 bits per heavy atom. The second kappa shape index (κ2) is 4.65. The monoisotopic (exact) mass is 236 g/mol. The van der Waals surface area contributed by atoms with Gasteiger partial charge in [0.2, 0.25) is 5.95 Å². The number of nitrogens with zero attached hydrogens (tertiary/aromatic N) is 3. The Bertz CT molecular complexity index is 445. The Hall–Kier alpha value is -1.36. The first-order valence-corrected chi connectivity index (χ1v) is 6.27. The number of aryl methyl sites for hydroxylation is 1. The number of nitrogens with one attached hydrogen (secondary N) is 1. The maximum Gasteiger partial charge on any atom is 0.203 e. The zero-order chi connectivity index (χ0) is 11.5. The Kier molecular flexibility index (Phi) is 3.24. The second-order valence-corrected chi connectivity index (χ2v) is 4.83. The molecule has 0 aliphatic carbocycles. The Labute approximate surface area is 99.4 Å². The van der Waals surface area contributed by atoms with Crippen LogP contribution in [0.1, 0.15) is 25.2 Å². The minimum atomic E-state index is 0.385. The smallest absolute Gasteiger partial charge is 0.203 e. The van der Waals surface area contributed by atoms with Crippen LogP contribution in [0.15, 0.2) is 17.1 Å². The van der Waals surface area contributed by atoms with E-state index in [2.05, 4.69) is 39.1 Å². The van der Waals surface area contributed by atoms with Crippen LogP contribution in [-0.4, -0.2) is 20.6 Å². The zero-order valence-electron chi connectivity index (χ0n) is 9.77. The fourth-order valence-corrected chi connectivity index (χ4v) is 2.08. The van der Waals surface area contributed by atoms with Crippen molar-refractivity contribution >= 4 is 17.3 Å². The summed E-state index contributed by atoms with van der Waals surface area (Å²) >= 11 is 1.62. The maximum absolute atomic E-state index is 4.46. The normalized spacial score (nSPS) is 11.0. The number of thiazole rings is 1. The molecule has 2 aromatic heterocycles. The molecule has 0 aromatic carbocycles. The molecule has 0 aliphatic heterocycles. The topological polar surface area (TPSA) is 42.7 Å². The predicted octanol–water partition coefficient (Wildman–Crippen LogP) is 2.52. The fourth-order valence-electron chi connectivity index (χ4n) is 1.53. The van der Waals surface area contributed by atoms with Crippen molar-refractivity contribution in [3.05, 3.63) is 28.5 Å². The summed E-state index contributed by atoms with van der Waals surface area (Å²) in [6.07, 6.45) is 2.05. The molecule has 2 aromatic rings. The molecule has 4 nitrogen and oxygen atoms in total. The molecule has 0 unspecified atom stereocenters. The van der Waals surface area contributed by atoms with E-state index in [0.717, 1.165) is 23.9 Å². The van der Waals surface area contributed by atoms with Crippen molar-refractivity contribution in [2.45, 2.75) is 33.4 Å². The van der Waals surface area contributed by atoms with Crippen LogP contribution in [0.3, 0.4) is 0 Å². The summed E-state index contributed by atoms with van der Waals surface area (Å²) in [5.74, 6) is 0.917. The maximum atomic E-state index is 4.46. The highest BCUT2D eigenvalue weighted by Crippen LogP contribution is 2.13. The summed E-state index contributed by atoms with van der Waals surface area (Å²) in [5.41, 5.74) is 3.96. The van der Waals surface area contributed by atoms with E-state index in [1.165, 1.54) is 0 Å². The highest BCUT2D eigenvalue weighted by atomic mass is 32.1. The van der Waals surface area contributed by atoms with Crippen LogP contribution in [0, 0.1) is 6.92 Å². The first-order chi connectivity index (χ1) is 7.65. The predicted molar refractivity (Wildman–Crippen MR) is 66.9 cm³/mol. The van der Waals surface area contributed by atoms with Crippen molar-refractivity contribution in [3.63, 3.8) is 0 Å². The minimum Gasteiger partial charge on any atom is -0.353 e. The van der Waals surface area contributed by atoms with Crippen LogP contribution >= 0.6 is 11.3 Å². The third-order valence-corrected chi connectivity index (χ3v) is 2.77. The number of imidazole rings is 1. The van der Waals surface area contributed by atoms with E-state index in [9.17, 15) is 0 Å². The molecule has 0 amide bonds. The van der Waals surface area contributed by atoms with Crippen LogP contribution in [0.2, 0.25) is 0 Å². The summed E-state index contributed by atoms with van der Waals surface area (Å²) in [4.78, 5) is 8.74. The van der Waals surface area contributed by atoms with Gasteiger partial charge in [0.05, 0.1) is 23.4 Å². The van der Waals surface area contributed by atoms with E-state index in [1.54, 1.807) is 11.3 Å². The molecule has 0 atom stereocenters. The molecule has 5 heteroatoms. The third-order valence-electron chi connectivity index (χ3n) is 2.13. The molecule has 0 saturated carbocycles. The Morgan fingerprint density at radius 1 is 1.50 bits per heavy atom.